The number of hydrogen-bond acceptors (Lipinski definition) is 3. The molecular weight excluding hydrogens is 426 g/mol. The molecule has 3 aliphatic rings. The van der Waals surface area contributed by atoms with Crippen molar-refractivity contribution < 1.29 is 19.5 Å². The van der Waals surface area contributed by atoms with Gasteiger partial charge in [-0.2, -0.15) is 0 Å². The smallest absolute Gasteiger partial charge is 0.335 e. The van der Waals surface area contributed by atoms with Gasteiger partial charge in [-0.25, -0.2) is 9.69 Å². The molecule has 1 saturated heterocycles. The van der Waals surface area contributed by atoms with Crippen LogP contribution in [0.4, 0.5) is 5.69 Å². The van der Waals surface area contributed by atoms with Crippen LogP contribution < -0.4 is 4.90 Å². The molecule has 0 aromatic heterocycles. The van der Waals surface area contributed by atoms with Crippen molar-refractivity contribution in [3.63, 3.8) is 0 Å². The van der Waals surface area contributed by atoms with Crippen LogP contribution in [0.3, 0.4) is 0 Å². The van der Waals surface area contributed by atoms with E-state index in [1.54, 1.807) is 0 Å². The van der Waals surface area contributed by atoms with Gasteiger partial charge in [0.1, 0.15) is 0 Å². The summed E-state index contributed by atoms with van der Waals surface area (Å²) in [6, 6.07) is 26.2. The van der Waals surface area contributed by atoms with Crippen LogP contribution in [0.1, 0.15) is 21.5 Å². The summed E-state index contributed by atoms with van der Waals surface area (Å²) in [5, 5.41) is 9.16. The number of anilines is 1. The molecule has 166 valence electrons. The Bertz CT molecular complexity index is 1300. The van der Waals surface area contributed by atoms with Crippen molar-refractivity contribution in [2.24, 2.45) is 23.7 Å². The number of aromatic carboxylic acids is 1. The molecule has 2 fully saturated rings. The van der Waals surface area contributed by atoms with E-state index in [4.69, 9.17) is 5.11 Å². The van der Waals surface area contributed by atoms with Crippen LogP contribution in [0.5, 0.6) is 0 Å². The number of hydrogen-bond donors (Lipinski definition) is 1. The van der Waals surface area contributed by atoms with Gasteiger partial charge in [0.05, 0.1) is 23.1 Å². The summed E-state index contributed by atoms with van der Waals surface area (Å²) in [6.45, 7) is 0. The fraction of sp³-hybridized carbons (Fsp3) is 0.138. The van der Waals surface area contributed by atoms with Crippen LogP contribution in [0.15, 0.2) is 103 Å². The first-order valence-electron chi connectivity index (χ1n) is 11.3. The normalized spacial score (nSPS) is 24.6. The third kappa shape index (κ3) is 2.90. The first kappa shape index (κ1) is 20.4. The highest BCUT2D eigenvalue weighted by molar-refractivity contribution is 6.23. The largest absolute Gasteiger partial charge is 0.478 e. The summed E-state index contributed by atoms with van der Waals surface area (Å²) in [7, 11) is 0. The Morgan fingerprint density at radius 1 is 0.647 bits per heavy atom. The van der Waals surface area contributed by atoms with E-state index >= 15 is 0 Å². The zero-order chi connectivity index (χ0) is 23.4. The topological polar surface area (TPSA) is 74.7 Å². The van der Waals surface area contributed by atoms with Crippen molar-refractivity contribution in [1.82, 2.24) is 0 Å². The molecule has 3 aromatic carbocycles. The molecule has 34 heavy (non-hydrogen) atoms. The minimum Gasteiger partial charge on any atom is -0.478 e. The van der Waals surface area contributed by atoms with Gasteiger partial charge in [0.25, 0.3) is 0 Å². The molecule has 5 heteroatoms. The van der Waals surface area contributed by atoms with E-state index in [-0.39, 0.29) is 29.2 Å². The Hall–Kier alpha value is -4.25. The molecule has 1 N–H and O–H groups in total. The molecule has 1 aliphatic heterocycles. The van der Waals surface area contributed by atoms with Crippen LogP contribution >= 0.6 is 0 Å². The lowest BCUT2D eigenvalue weighted by molar-refractivity contribution is -0.122. The number of carboxylic acids is 1. The third-order valence-electron chi connectivity index (χ3n) is 7.20. The fourth-order valence-electron chi connectivity index (χ4n) is 5.81. The predicted molar refractivity (Wildman–Crippen MR) is 128 cm³/mol. The van der Waals surface area contributed by atoms with Gasteiger partial charge in [-0.15, -0.1) is 0 Å². The van der Waals surface area contributed by atoms with Crippen molar-refractivity contribution in [2.75, 3.05) is 4.90 Å². The van der Waals surface area contributed by atoms with E-state index in [0.717, 1.165) is 22.3 Å². The van der Waals surface area contributed by atoms with E-state index < -0.39 is 17.8 Å². The van der Waals surface area contributed by atoms with E-state index in [1.807, 2.05) is 36.4 Å². The van der Waals surface area contributed by atoms with Crippen LogP contribution in [-0.2, 0) is 9.59 Å². The number of fused-ring (bicyclic) bond motifs is 5. The van der Waals surface area contributed by atoms with Gasteiger partial charge in [-0.1, -0.05) is 72.8 Å². The summed E-state index contributed by atoms with van der Waals surface area (Å²) in [6.07, 6.45) is 4.16. The number of allylic oxidation sites excluding steroid dienone is 3. The Balaban J connectivity index is 1.44. The van der Waals surface area contributed by atoms with Crippen LogP contribution in [0.25, 0.3) is 5.57 Å². The molecule has 2 bridgehead atoms. The number of imide groups is 1. The molecule has 6 rings (SSSR count). The van der Waals surface area contributed by atoms with Crippen LogP contribution in [-0.4, -0.2) is 22.9 Å². The van der Waals surface area contributed by atoms with Gasteiger partial charge in [0.2, 0.25) is 11.8 Å². The number of carboxylic acid groups (broad SMARTS) is 1. The van der Waals surface area contributed by atoms with E-state index in [0.29, 0.717) is 5.69 Å². The molecule has 2 aliphatic carbocycles. The maximum absolute atomic E-state index is 13.6. The zero-order valence-electron chi connectivity index (χ0n) is 18.2. The standard InChI is InChI=1S/C29H21NO4/c31-27-25-21-15-16-22(26(25)28(32)30(27)20-13-11-19(12-14-20)29(33)34)24(21)23(17-7-3-1-4-8-17)18-9-5-2-6-10-18/h1-16,21-22,25-26H,(H,33,34)/t21-,22+,25-,26+. The predicted octanol–water partition coefficient (Wildman–Crippen LogP) is 4.81. The van der Waals surface area contributed by atoms with E-state index in [2.05, 4.69) is 36.4 Å². The van der Waals surface area contributed by atoms with E-state index in [1.165, 1.54) is 29.2 Å². The van der Waals surface area contributed by atoms with Gasteiger partial charge in [-0.05, 0) is 46.5 Å². The van der Waals surface area contributed by atoms with Crippen molar-refractivity contribution in [2.45, 2.75) is 0 Å². The first-order valence-corrected chi connectivity index (χ1v) is 11.3. The zero-order valence-corrected chi connectivity index (χ0v) is 18.2. The average molecular weight is 447 g/mol. The lowest BCUT2D eigenvalue weighted by Gasteiger charge is -2.21. The molecule has 1 heterocycles. The van der Waals surface area contributed by atoms with Crippen LogP contribution in [0, 0.1) is 23.7 Å². The highest BCUT2D eigenvalue weighted by atomic mass is 16.4. The molecule has 0 unspecified atom stereocenters. The van der Waals surface area contributed by atoms with Gasteiger partial charge in [0.15, 0.2) is 0 Å². The van der Waals surface area contributed by atoms with Crippen LogP contribution in [0.2, 0.25) is 0 Å². The second-order valence-corrected chi connectivity index (χ2v) is 8.91. The summed E-state index contributed by atoms with van der Waals surface area (Å²) in [4.78, 5) is 39.6. The Morgan fingerprint density at radius 3 is 1.56 bits per heavy atom. The second-order valence-electron chi connectivity index (χ2n) is 8.91. The Morgan fingerprint density at radius 2 is 1.12 bits per heavy atom. The molecule has 1 saturated carbocycles. The average Bonchev–Trinajstić information content (AvgIpc) is 3.50. The SMILES string of the molecule is O=C(O)c1ccc(N2C(=O)[C@@H]3[C@H](C2=O)[C@@H]2C=C[C@H]3C2=C(c2ccccc2)c2ccccc2)cc1. The molecule has 0 radical (unpaired) electrons. The summed E-state index contributed by atoms with van der Waals surface area (Å²) < 4.78 is 0. The minimum absolute atomic E-state index is 0.116. The van der Waals surface area contributed by atoms with Crippen molar-refractivity contribution >= 4 is 29.0 Å². The van der Waals surface area contributed by atoms with Gasteiger partial charge < -0.3 is 5.11 Å². The van der Waals surface area contributed by atoms with Gasteiger partial charge >= 0.3 is 5.97 Å². The summed E-state index contributed by atoms with van der Waals surface area (Å²) in [5.41, 5.74) is 4.91. The molecule has 3 aromatic rings. The van der Waals surface area contributed by atoms with Crippen molar-refractivity contribution in [1.29, 1.82) is 0 Å². The summed E-state index contributed by atoms with van der Waals surface area (Å²) in [5.74, 6) is -2.66. The van der Waals surface area contributed by atoms with Gasteiger partial charge in [0, 0.05) is 11.8 Å². The van der Waals surface area contributed by atoms with E-state index in [9.17, 15) is 14.4 Å². The number of benzene rings is 3. The fourth-order valence-corrected chi connectivity index (χ4v) is 5.81. The van der Waals surface area contributed by atoms with Gasteiger partial charge in [-0.3, -0.25) is 9.59 Å². The molecule has 0 spiro atoms. The minimum atomic E-state index is -1.05. The lowest BCUT2D eigenvalue weighted by Crippen LogP contribution is -2.33. The number of rotatable bonds is 4. The number of nitrogens with zero attached hydrogens (tertiary/aromatic N) is 1. The molecule has 4 atom stereocenters. The maximum Gasteiger partial charge on any atom is 0.335 e. The highest BCUT2D eigenvalue weighted by Gasteiger charge is 2.62. The molecule has 5 nitrogen and oxygen atoms in total. The number of amides is 2. The summed E-state index contributed by atoms with van der Waals surface area (Å²) >= 11 is 0. The Kier molecular flexibility index (Phi) is 4.59. The maximum atomic E-state index is 13.6. The first-order chi connectivity index (χ1) is 16.6. The molecule has 2 amide bonds. The van der Waals surface area contributed by atoms with Crippen molar-refractivity contribution in [3.05, 3.63) is 119 Å². The highest BCUT2D eigenvalue weighted by Crippen LogP contribution is 2.58. The Labute approximate surface area is 196 Å². The number of carbonyl (C=O) groups excluding carboxylic acids is 2. The lowest BCUT2D eigenvalue weighted by atomic mass is 9.85. The number of carbonyl (C=O) groups is 3. The quantitative estimate of drug-likeness (QED) is 0.460. The molecular formula is C29H21NO4. The van der Waals surface area contributed by atoms with Crippen molar-refractivity contribution in [3.8, 4) is 0 Å². The second kappa shape index (κ2) is 7.66. The third-order valence-corrected chi connectivity index (χ3v) is 7.20. The monoisotopic (exact) mass is 447 g/mol.